The molecule has 1 rings (SSSR count). The van der Waals surface area contributed by atoms with E-state index >= 15 is 0 Å². The van der Waals surface area contributed by atoms with E-state index in [1.54, 1.807) is 0 Å². The highest BCUT2D eigenvalue weighted by molar-refractivity contribution is 6.63. The number of halogens is 2. The first-order valence-electron chi connectivity index (χ1n) is 3.46. The molecule has 0 aliphatic heterocycles. The minimum atomic E-state index is -1.73. The Morgan fingerprint density at radius 1 is 1.46 bits per heavy atom. The lowest BCUT2D eigenvalue weighted by Gasteiger charge is -2.08. The first-order chi connectivity index (χ1) is 6.07. The van der Waals surface area contributed by atoms with Crippen LogP contribution in [0.2, 0.25) is 5.02 Å². The summed E-state index contributed by atoms with van der Waals surface area (Å²) in [7, 11) is -0.486. The van der Waals surface area contributed by atoms with Gasteiger partial charge >= 0.3 is 7.12 Å². The average Bonchev–Trinajstić information content (AvgIpc) is 2.04. The number of hydrogen-bond donors (Lipinski definition) is 2. The van der Waals surface area contributed by atoms with Gasteiger partial charge in [0.25, 0.3) is 0 Å². The summed E-state index contributed by atoms with van der Waals surface area (Å²) in [6.07, 6.45) is 0. The Labute approximate surface area is 79.9 Å². The second kappa shape index (κ2) is 3.96. The zero-order chi connectivity index (χ0) is 10.0. The molecule has 0 unspecified atom stereocenters. The molecule has 1 aromatic carbocycles. The van der Waals surface area contributed by atoms with Gasteiger partial charge in [-0.2, -0.15) is 0 Å². The minimum Gasteiger partial charge on any atom is -0.492 e. The van der Waals surface area contributed by atoms with Gasteiger partial charge in [0.15, 0.2) is 11.6 Å². The Balaban J connectivity index is 3.27. The molecule has 0 saturated heterocycles. The molecule has 0 fully saturated rings. The first kappa shape index (κ1) is 10.3. The van der Waals surface area contributed by atoms with Crippen LogP contribution in [0.1, 0.15) is 0 Å². The minimum absolute atomic E-state index is 0.0138. The van der Waals surface area contributed by atoms with Gasteiger partial charge in [-0.25, -0.2) is 4.39 Å². The number of hydrogen-bond acceptors (Lipinski definition) is 3. The molecule has 70 valence electrons. The Kier molecular flexibility index (Phi) is 3.14. The predicted octanol–water partition coefficient (Wildman–Crippen LogP) is 0.167. The lowest BCUT2D eigenvalue weighted by molar-refractivity contribution is 0.386. The average molecular weight is 204 g/mol. The fourth-order valence-corrected chi connectivity index (χ4v) is 1.26. The molecule has 0 aromatic heterocycles. The van der Waals surface area contributed by atoms with E-state index in [0.29, 0.717) is 0 Å². The smallest absolute Gasteiger partial charge is 0.490 e. The summed E-state index contributed by atoms with van der Waals surface area (Å²) in [4.78, 5) is 0. The molecule has 0 aliphatic carbocycles. The van der Waals surface area contributed by atoms with E-state index in [-0.39, 0.29) is 16.2 Å². The summed E-state index contributed by atoms with van der Waals surface area (Å²) in [6.45, 7) is 0. The Hall–Kier alpha value is -0.775. The van der Waals surface area contributed by atoms with Crippen LogP contribution in [-0.4, -0.2) is 24.3 Å². The van der Waals surface area contributed by atoms with Crippen LogP contribution in [-0.2, 0) is 0 Å². The number of benzene rings is 1. The van der Waals surface area contributed by atoms with E-state index in [4.69, 9.17) is 21.6 Å². The maximum Gasteiger partial charge on any atom is 0.490 e. The number of ether oxygens (including phenoxy) is 1. The van der Waals surface area contributed by atoms with E-state index in [1.165, 1.54) is 13.2 Å². The molecular weight excluding hydrogens is 197 g/mol. The second-order valence-corrected chi connectivity index (χ2v) is 2.74. The second-order valence-electron chi connectivity index (χ2n) is 2.36. The lowest BCUT2D eigenvalue weighted by atomic mass is 9.80. The van der Waals surface area contributed by atoms with E-state index < -0.39 is 12.9 Å². The molecule has 0 radical (unpaired) electrons. The van der Waals surface area contributed by atoms with Gasteiger partial charge in [0, 0.05) is 5.46 Å². The van der Waals surface area contributed by atoms with Crippen molar-refractivity contribution in [3.63, 3.8) is 0 Å². The molecule has 0 saturated carbocycles. The summed E-state index contributed by atoms with van der Waals surface area (Å²) in [5.74, 6) is -0.829. The molecule has 0 amide bonds. The van der Waals surface area contributed by atoms with E-state index in [1.807, 2.05) is 0 Å². The molecule has 6 heteroatoms. The third kappa shape index (κ3) is 1.93. The van der Waals surface area contributed by atoms with Gasteiger partial charge in [-0.3, -0.25) is 0 Å². The zero-order valence-corrected chi connectivity index (χ0v) is 7.55. The summed E-state index contributed by atoms with van der Waals surface area (Å²) in [6, 6.07) is 2.24. The van der Waals surface area contributed by atoms with Crippen LogP contribution in [0, 0.1) is 5.82 Å². The summed E-state index contributed by atoms with van der Waals surface area (Å²) in [5.41, 5.74) is 0.0138. The van der Waals surface area contributed by atoms with Crippen LogP contribution in [0.5, 0.6) is 5.75 Å². The van der Waals surface area contributed by atoms with Crippen molar-refractivity contribution < 1.29 is 19.2 Å². The highest BCUT2D eigenvalue weighted by atomic mass is 35.5. The quantitative estimate of drug-likeness (QED) is 0.675. The van der Waals surface area contributed by atoms with Crippen molar-refractivity contribution in [2.45, 2.75) is 0 Å². The van der Waals surface area contributed by atoms with E-state index in [2.05, 4.69) is 4.74 Å². The standard InChI is InChI=1S/C7H7BClFO3/c1-13-7-5(10)3-2-4(6(7)9)8(11)12/h2-3,11-12H,1H3. The van der Waals surface area contributed by atoms with Crippen molar-refractivity contribution in [1.82, 2.24) is 0 Å². The van der Waals surface area contributed by atoms with Crippen molar-refractivity contribution in [2.24, 2.45) is 0 Å². The normalized spacial score (nSPS) is 9.92. The summed E-state index contributed by atoms with van der Waals surface area (Å²) >= 11 is 5.62. The van der Waals surface area contributed by atoms with E-state index in [0.717, 1.165) is 6.07 Å². The Morgan fingerprint density at radius 3 is 2.54 bits per heavy atom. The fourth-order valence-electron chi connectivity index (χ4n) is 0.934. The van der Waals surface area contributed by atoms with Gasteiger partial charge in [0.2, 0.25) is 0 Å². The molecule has 1 aromatic rings. The van der Waals surface area contributed by atoms with Gasteiger partial charge in [-0.15, -0.1) is 0 Å². The molecule has 13 heavy (non-hydrogen) atoms. The summed E-state index contributed by atoms with van der Waals surface area (Å²) < 4.78 is 17.6. The maximum atomic E-state index is 12.9. The van der Waals surface area contributed by atoms with Crippen molar-refractivity contribution in [2.75, 3.05) is 7.11 Å². The summed E-state index contributed by atoms with van der Waals surface area (Å²) in [5, 5.41) is 17.5. The molecule has 2 N–H and O–H groups in total. The number of rotatable bonds is 2. The maximum absolute atomic E-state index is 12.9. The third-order valence-corrected chi connectivity index (χ3v) is 1.95. The highest BCUT2D eigenvalue weighted by Gasteiger charge is 2.20. The van der Waals surface area contributed by atoms with Gasteiger partial charge in [0.1, 0.15) is 0 Å². The molecular formula is C7H7BClFO3. The lowest BCUT2D eigenvalue weighted by Crippen LogP contribution is -2.31. The van der Waals surface area contributed by atoms with Crippen LogP contribution >= 0.6 is 11.6 Å². The largest absolute Gasteiger partial charge is 0.492 e. The van der Waals surface area contributed by atoms with Crippen molar-refractivity contribution in [3.8, 4) is 5.75 Å². The van der Waals surface area contributed by atoms with Gasteiger partial charge < -0.3 is 14.8 Å². The Morgan fingerprint density at radius 2 is 2.08 bits per heavy atom. The van der Waals surface area contributed by atoms with Crippen LogP contribution in [0.25, 0.3) is 0 Å². The van der Waals surface area contributed by atoms with Crippen molar-refractivity contribution in [1.29, 1.82) is 0 Å². The molecule has 0 heterocycles. The highest BCUT2D eigenvalue weighted by Crippen LogP contribution is 2.25. The zero-order valence-electron chi connectivity index (χ0n) is 6.79. The van der Waals surface area contributed by atoms with Crippen LogP contribution in [0.4, 0.5) is 4.39 Å². The van der Waals surface area contributed by atoms with Crippen molar-refractivity contribution in [3.05, 3.63) is 23.0 Å². The Bertz CT molecular complexity index is 319. The van der Waals surface area contributed by atoms with Crippen molar-refractivity contribution >= 4 is 24.2 Å². The van der Waals surface area contributed by atoms with Crippen LogP contribution in [0.3, 0.4) is 0 Å². The van der Waals surface area contributed by atoms with Crippen LogP contribution in [0.15, 0.2) is 12.1 Å². The molecule has 3 nitrogen and oxygen atoms in total. The molecule has 0 atom stereocenters. The van der Waals surface area contributed by atoms with E-state index in [9.17, 15) is 4.39 Å². The molecule has 0 spiro atoms. The van der Waals surface area contributed by atoms with Crippen LogP contribution < -0.4 is 10.2 Å². The first-order valence-corrected chi connectivity index (χ1v) is 3.83. The SMILES string of the molecule is COc1c(F)ccc(B(O)O)c1Cl. The topological polar surface area (TPSA) is 49.7 Å². The van der Waals surface area contributed by atoms with Gasteiger partial charge in [-0.1, -0.05) is 17.7 Å². The fraction of sp³-hybridized carbons (Fsp3) is 0.143. The third-order valence-electron chi connectivity index (χ3n) is 1.56. The van der Waals surface area contributed by atoms with Gasteiger partial charge in [0.05, 0.1) is 12.1 Å². The molecule has 0 bridgehead atoms. The molecule has 0 aliphatic rings. The predicted molar refractivity (Wildman–Crippen MR) is 47.8 cm³/mol. The number of methoxy groups -OCH3 is 1. The van der Waals surface area contributed by atoms with Gasteiger partial charge in [-0.05, 0) is 6.07 Å². The monoisotopic (exact) mass is 204 g/mol.